The number of nitrogens with zero attached hydrogens (tertiary/aromatic N) is 1. The molecule has 1 aliphatic carbocycles. The molecule has 0 aromatic carbocycles. The number of halogens is 3. The predicted octanol–water partition coefficient (Wildman–Crippen LogP) is 3.35. The largest absolute Gasteiger partial charge is 0.392 e. The fourth-order valence-electron chi connectivity index (χ4n) is 2.77. The molecule has 1 saturated carbocycles. The third-order valence-corrected chi connectivity index (χ3v) is 3.87. The van der Waals surface area contributed by atoms with Crippen molar-refractivity contribution in [3.05, 3.63) is 30.1 Å². The second-order valence-electron chi connectivity index (χ2n) is 5.26. The average molecular weight is 273 g/mol. The van der Waals surface area contributed by atoms with Gasteiger partial charge in [0.25, 0.3) is 0 Å². The molecule has 0 bridgehead atoms. The Morgan fingerprint density at radius 2 is 2.11 bits per heavy atom. The van der Waals surface area contributed by atoms with Crippen molar-refractivity contribution in [1.29, 1.82) is 0 Å². The van der Waals surface area contributed by atoms with Crippen LogP contribution in [0.1, 0.15) is 31.4 Å². The molecule has 1 aromatic heterocycles. The third-order valence-electron chi connectivity index (χ3n) is 3.87. The SMILES string of the molecule is OC(Cc1ccccn1)C1CCCC(C(F)(F)F)C1. The summed E-state index contributed by atoms with van der Waals surface area (Å²) in [5.41, 5.74) is 0.726. The molecule has 0 saturated heterocycles. The molecule has 0 spiro atoms. The number of alkyl halides is 3. The van der Waals surface area contributed by atoms with E-state index in [0.29, 0.717) is 19.3 Å². The molecule has 1 aromatic rings. The van der Waals surface area contributed by atoms with Gasteiger partial charge in [-0.25, -0.2) is 0 Å². The maximum atomic E-state index is 12.7. The van der Waals surface area contributed by atoms with Gasteiger partial charge in [-0.3, -0.25) is 4.98 Å². The third kappa shape index (κ3) is 3.93. The minimum absolute atomic E-state index is 0.0392. The summed E-state index contributed by atoms with van der Waals surface area (Å²) < 4.78 is 38.1. The van der Waals surface area contributed by atoms with Crippen molar-refractivity contribution < 1.29 is 18.3 Å². The van der Waals surface area contributed by atoms with Crippen molar-refractivity contribution in [3.63, 3.8) is 0 Å². The minimum atomic E-state index is -4.14. The maximum absolute atomic E-state index is 12.7. The topological polar surface area (TPSA) is 33.1 Å². The lowest BCUT2D eigenvalue weighted by atomic mass is 9.77. The van der Waals surface area contributed by atoms with E-state index in [0.717, 1.165) is 5.69 Å². The highest BCUT2D eigenvalue weighted by Crippen LogP contribution is 2.41. The molecule has 2 rings (SSSR count). The summed E-state index contributed by atoms with van der Waals surface area (Å²) in [4.78, 5) is 4.10. The molecule has 106 valence electrons. The lowest BCUT2D eigenvalue weighted by Crippen LogP contribution is -2.34. The first kappa shape index (κ1) is 14.3. The first-order chi connectivity index (χ1) is 8.97. The van der Waals surface area contributed by atoms with Crippen LogP contribution in [0, 0.1) is 11.8 Å². The highest BCUT2D eigenvalue weighted by molar-refractivity contribution is 5.05. The lowest BCUT2D eigenvalue weighted by Gasteiger charge is -2.33. The Balaban J connectivity index is 1.94. The first-order valence-corrected chi connectivity index (χ1v) is 6.61. The molecule has 1 N–H and O–H groups in total. The van der Waals surface area contributed by atoms with Crippen molar-refractivity contribution in [2.75, 3.05) is 0 Å². The lowest BCUT2D eigenvalue weighted by molar-refractivity contribution is -0.188. The van der Waals surface area contributed by atoms with Crippen LogP contribution in [0.25, 0.3) is 0 Å². The van der Waals surface area contributed by atoms with Gasteiger partial charge in [0, 0.05) is 18.3 Å². The molecule has 0 radical (unpaired) electrons. The molecule has 0 amide bonds. The monoisotopic (exact) mass is 273 g/mol. The molecule has 1 fully saturated rings. The van der Waals surface area contributed by atoms with Gasteiger partial charge in [-0.15, -0.1) is 0 Å². The summed E-state index contributed by atoms with van der Waals surface area (Å²) in [5, 5.41) is 10.1. The number of aliphatic hydroxyl groups excluding tert-OH is 1. The van der Waals surface area contributed by atoms with E-state index >= 15 is 0 Å². The van der Waals surface area contributed by atoms with Crippen LogP contribution in [0.5, 0.6) is 0 Å². The Hall–Kier alpha value is -1.10. The molecular formula is C14H18F3NO. The normalized spacial score (nSPS) is 26.1. The van der Waals surface area contributed by atoms with Crippen LogP contribution in [-0.2, 0) is 6.42 Å². The summed E-state index contributed by atoms with van der Waals surface area (Å²) in [6.45, 7) is 0. The van der Waals surface area contributed by atoms with Crippen molar-refractivity contribution in [3.8, 4) is 0 Å². The van der Waals surface area contributed by atoms with Crippen LogP contribution in [0.2, 0.25) is 0 Å². The van der Waals surface area contributed by atoms with E-state index in [-0.39, 0.29) is 18.8 Å². The van der Waals surface area contributed by atoms with Gasteiger partial charge in [-0.1, -0.05) is 12.5 Å². The van der Waals surface area contributed by atoms with Gasteiger partial charge in [0.2, 0.25) is 0 Å². The van der Waals surface area contributed by atoms with E-state index in [1.54, 1.807) is 18.3 Å². The molecule has 1 aliphatic rings. The van der Waals surface area contributed by atoms with Crippen LogP contribution in [0.3, 0.4) is 0 Å². The second-order valence-corrected chi connectivity index (χ2v) is 5.26. The van der Waals surface area contributed by atoms with E-state index in [1.165, 1.54) is 0 Å². The van der Waals surface area contributed by atoms with Crippen LogP contribution in [-0.4, -0.2) is 22.4 Å². The zero-order chi connectivity index (χ0) is 13.9. The predicted molar refractivity (Wildman–Crippen MR) is 65.5 cm³/mol. The van der Waals surface area contributed by atoms with Gasteiger partial charge in [-0.2, -0.15) is 13.2 Å². The van der Waals surface area contributed by atoms with E-state index in [4.69, 9.17) is 0 Å². The molecule has 3 atom stereocenters. The maximum Gasteiger partial charge on any atom is 0.391 e. The van der Waals surface area contributed by atoms with Crippen molar-refractivity contribution in [1.82, 2.24) is 4.98 Å². The van der Waals surface area contributed by atoms with Crippen LogP contribution in [0.4, 0.5) is 13.2 Å². The minimum Gasteiger partial charge on any atom is -0.392 e. The fourth-order valence-corrected chi connectivity index (χ4v) is 2.77. The Kier molecular flexibility index (Phi) is 4.45. The summed E-state index contributed by atoms with van der Waals surface area (Å²) in [7, 11) is 0. The quantitative estimate of drug-likeness (QED) is 0.916. The van der Waals surface area contributed by atoms with Crippen molar-refractivity contribution in [2.45, 2.75) is 44.4 Å². The fraction of sp³-hybridized carbons (Fsp3) is 0.643. The van der Waals surface area contributed by atoms with Gasteiger partial charge in [0.05, 0.1) is 12.0 Å². The zero-order valence-electron chi connectivity index (χ0n) is 10.6. The number of hydrogen-bond donors (Lipinski definition) is 1. The highest BCUT2D eigenvalue weighted by atomic mass is 19.4. The van der Waals surface area contributed by atoms with E-state index in [1.807, 2.05) is 6.07 Å². The van der Waals surface area contributed by atoms with Gasteiger partial charge in [0.1, 0.15) is 0 Å². The van der Waals surface area contributed by atoms with Crippen molar-refractivity contribution >= 4 is 0 Å². The Morgan fingerprint density at radius 3 is 2.74 bits per heavy atom. The molecular weight excluding hydrogens is 255 g/mol. The first-order valence-electron chi connectivity index (χ1n) is 6.61. The molecule has 0 aliphatic heterocycles. The molecule has 1 heterocycles. The molecule has 5 heteroatoms. The number of rotatable bonds is 3. The van der Waals surface area contributed by atoms with Crippen LogP contribution < -0.4 is 0 Å². The van der Waals surface area contributed by atoms with Crippen molar-refractivity contribution in [2.24, 2.45) is 11.8 Å². The number of hydrogen-bond acceptors (Lipinski definition) is 2. The highest BCUT2D eigenvalue weighted by Gasteiger charge is 2.43. The van der Waals surface area contributed by atoms with Gasteiger partial charge >= 0.3 is 6.18 Å². The van der Waals surface area contributed by atoms with E-state index < -0.39 is 18.2 Å². The summed E-state index contributed by atoms with van der Waals surface area (Å²) >= 11 is 0. The van der Waals surface area contributed by atoms with Gasteiger partial charge in [0.15, 0.2) is 0 Å². The Bertz CT molecular complexity index is 393. The zero-order valence-corrected chi connectivity index (χ0v) is 10.6. The van der Waals surface area contributed by atoms with Crippen LogP contribution in [0.15, 0.2) is 24.4 Å². The van der Waals surface area contributed by atoms with E-state index in [2.05, 4.69) is 4.98 Å². The standard InChI is InChI=1S/C14H18F3NO/c15-14(16,17)11-5-3-4-10(8-11)13(19)9-12-6-1-2-7-18-12/h1-2,6-7,10-11,13,19H,3-5,8-9H2. The Labute approximate surface area is 110 Å². The van der Waals surface area contributed by atoms with Gasteiger partial charge < -0.3 is 5.11 Å². The number of aromatic nitrogens is 1. The summed E-state index contributed by atoms with van der Waals surface area (Å²) in [5.74, 6) is -1.54. The van der Waals surface area contributed by atoms with E-state index in [9.17, 15) is 18.3 Å². The number of pyridine rings is 1. The summed E-state index contributed by atoms with van der Waals surface area (Å²) in [6, 6.07) is 5.37. The second kappa shape index (κ2) is 5.90. The summed E-state index contributed by atoms with van der Waals surface area (Å²) in [6.07, 6.45) is -1.48. The molecule has 2 nitrogen and oxygen atoms in total. The average Bonchev–Trinajstić information content (AvgIpc) is 2.39. The molecule has 19 heavy (non-hydrogen) atoms. The smallest absolute Gasteiger partial charge is 0.391 e. The molecule has 3 unspecified atom stereocenters. The van der Waals surface area contributed by atoms with Gasteiger partial charge in [-0.05, 0) is 37.3 Å². The Morgan fingerprint density at radius 1 is 1.32 bits per heavy atom. The van der Waals surface area contributed by atoms with Crippen LogP contribution >= 0.6 is 0 Å². The number of aliphatic hydroxyl groups is 1.